The highest BCUT2D eigenvalue weighted by molar-refractivity contribution is 5.53. The summed E-state index contributed by atoms with van der Waals surface area (Å²) in [6.45, 7) is 0.207. The Hall–Kier alpha value is -1.55. The molecule has 2 heterocycles. The van der Waals surface area contributed by atoms with Crippen molar-refractivity contribution in [2.45, 2.75) is 12.8 Å². The first-order chi connectivity index (χ1) is 6.90. The van der Waals surface area contributed by atoms with Gasteiger partial charge in [-0.05, 0) is 18.6 Å². The molecule has 4 heteroatoms. The van der Waals surface area contributed by atoms with E-state index in [1.165, 1.54) is 0 Å². The summed E-state index contributed by atoms with van der Waals surface area (Å²) in [5.74, 6) is 0.920. The van der Waals surface area contributed by atoms with Gasteiger partial charge in [-0.3, -0.25) is 0 Å². The Bertz CT molecular complexity index is 378. The summed E-state index contributed by atoms with van der Waals surface area (Å²) in [6.07, 6.45) is 5.22. The number of aliphatic hydroxyl groups is 1. The minimum absolute atomic E-state index is 0.207. The molecule has 0 bridgehead atoms. The van der Waals surface area contributed by atoms with Crippen LogP contribution in [-0.2, 0) is 6.42 Å². The van der Waals surface area contributed by atoms with Gasteiger partial charge in [0.05, 0.1) is 17.6 Å². The van der Waals surface area contributed by atoms with Crippen LogP contribution in [0.25, 0.3) is 11.4 Å². The molecule has 0 amide bonds. The van der Waals surface area contributed by atoms with Crippen LogP contribution in [0.3, 0.4) is 0 Å². The molecule has 14 heavy (non-hydrogen) atoms. The third-order valence-corrected chi connectivity index (χ3v) is 2.09. The fourth-order valence-corrected chi connectivity index (χ4v) is 1.37. The van der Waals surface area contributed by atoms with Gasteiger partial charge in [0.25, 0.3) is 0 Å². The summed E-state index contributed by atoms with van der Waals surface area (Å²) in [5.41, 5.74) is 2.02. The molecule has 0 aliphatic rings. The quantitative estimate of drug-likeness (QED) is 0.682. The minimum atomic E-state index is 0.207. The number of hydrogen-bond donors (Lipinski definition) is 3. The van der Waals surface area contributed by atoms with Gasteiger partial charge in [-0.25, -0.2) is 4.98 Å². The fourth-order valence-electron chi connectivity index (χ4n) is 1.37. The molecule has 2 aromatic rings. The van der Waals surface area contributed by atoms with Crippen LogP contribution in [0.5, 0.6) is 0 Å². The number of aryl methyl sites for hydroxylation is 1. The fraction of sp³-hybridized carbons (Fsp3) is 0.300. The third-order valence-electron chi connectivity index (χ3n) is 2.09. The first-order valence-electron chi connectivity index (χ1n) is 4.68. The zero-order valence-corrected chi connectivity index (χ0v) is 7.83. The average molecular weight is 191 g/mol. The maximum absolute atomic E-state index is 8.67. The maximum Gasteiger partial charge on any atom is 0.106 e. The first-order valence-corrected chi connectivity index (χ1v) is 4.68. The second kappa shape index (κ2) is 4.11. The molecule has 4 nitrogen and oxygen atoms in total. The molecule has 0 spiro atoms. The zero-order chi connectivity index (χ0) is 9.80. The van der Waals surface area contributed by atoms with E-state index in [9.17, 15) is 0 Å². The van der Waals surface area contributed by atoms with Crippen LogP contribution >= 0.6 is 0 Å². The summed E-state index contributed by atoms with van der Waals surface area (Å²) in [7, 11) is 0. The van der Waals surface area contributed by atoms with Gasteiger partial charge in [0.1, 0.15) is 5.82 Å². The van der Waals surface area contributed by atoms with E-state index in [1.54, 1.807) is 6.20 Å². The number of H-pyrrole nitrogens is 2. The molecule has 2 aromatic heterocycles. The number of aliphatic hydroxyl groups excluding tert-OH is 1. The predicted octanol–water partition coefficient (Wildman–Crippen LogP) is 1.33. The number of imidazole rings is 1. The van der Waals surface area contributed by atoms with Crippen LogP contribution in [0.4, 0.5) is 0 Å². The lowest BCUT2D eigenvalue weighted by molar-refractivity contribution is 0.287. The number of aromatic nitrogens is 3. The molecule has 3 N–H and O–H groups in total. The Morgan fingerprint density at radius 3 is 3.00 bits per heavy atom. The molecule has 0 aliphatic heterocycles. The van der Waals surface area contributed by atoms with Gasteiger partial charge in [-0.2, -0.15) is 0 Å². The van der Waals surface area contributed by atoms with E-state index < -0.39 is 0 Å². The van der Waals surface area contributed by atoms with Crippen molar-refractivity contribution < 1.29 is 5.11 Å². The predicted molar refractivity (Wildman–Crippen MR) is 53.8 cm³/mol. The van der Waals surface area contributed by atoms with Crippen molar-refractivity contribution in [2.75, 3.05) is 6.61 Å². The smallest absolute Gasteiger partial charge is 0.106 e. The molecule has 0 atom stereocenters. The lowest BCUT2D eigenvalue weighted by Crippen LogP contribution is -1.91. The van der Waals surface area contributed by atoms with E-state index in [1.807, 2.05) is 18.3 Å². The van der Waals surface area contributed by atoms with Crippen LogP contribution in [0.1, 0.15) is 12.2 Å². The molecule has 0 aromatic carbocycles. The van der Waals surface area contributed by atoms with E-state index in [4.69, 9.17) is 5.11 Å². The zero-order valence-electron chi connectivity index (χ0n) is 7.83. The van der Waals surface area contributed by atoms with Crippen molar-refractivity contribution >= 4 is 0 Å². The Morgan fingerprint density at radius 2 is 2.29 bits per heavy atom. The van der Waals surface area contributed by atoms with E-state index in [0.29, 0.717) is 0 Å². The van der Waals surface area contributed by atoms with E-state index in [-0.39, 0.29) is 6.61 Å². The first kappa shape index (κ1) is 9.02. The highest BCUT2D eigenvalue weighted by Crippen LogP contribution is 2.14. The molecule has 0 saturated carbocycles. The van der Waals surface area contributed by atoms with Gasteiger partial charge in [0, 0.05) is 19.2 Å². The molecule has 0 saturated heterocycles. The highest BCUT2D eigenvalue weighted by atomic mass is 16.2. The largest absolute Gasteiger partial charge is 0.396 e. The van der Waals surface area contributed by atoms with Crippen molar-refractivity contribution in [1.82, 2.24) is 15.0 Å². The molecule has 2 rings (SSSR count). The molecule has 74 valence electrons. The minimum Gasteiger partial charge on any atom is -0.396 e. The van der Waals surface area contributed by atoms with E-state index >= 15 is 0 Å². The molecular formula is C10H13N3O. The van der Waals surface area contributed by atoms with Crippen LogP contribution in [0, 0.1) is 0 Å². The molecule has 0 fully saturated rings. The van der Waals surface area contributed by atoms with Gasteiger partial charge in [0.15, 0.2) is 0 Å². The summed E-state index contributed by atoms with van der Waals surface area (Å²) < 4.78 is 0. The van der Waals surface area contributed by atoms with Crippen molar-refractivity contribution in [3.05, 3.63) is 30.4 Å². The molecule has 0 radical (unpaired) electrons. The van der Waals surface area contributed by atoms with Crippen molar-refractivity contribution in [1.29, 1.82) is 0 Å². The van der Waals surface area contributed by atoms with Crippen molar-refractivity contribution in [3.63, 3.8) is 0 Å². The monoisotopic (exact) mass is 191 g/mol. The lowest BCUT2D eigenvalue weighted by atomic mass is 10.3. The number of rotatable bonds is 4. The van der Waals surface area contributed by atoms with Gasteiger partial charge in [0.2, 0.25) is 0 Å². The van der Waals surface area contributed by atoms with Gasteiger partial charge < -0.3 is 15.1 Å². The second-order valence-corrected chi connectivity index (χ2v) is 3.15. The van der Waals surface area contributed by atoms with Gasteiger partial charge in [-0.1, -0.05) is 0 Å². The highest BCUT2D eigenvalue weighted by Gasteiger charge is 2.02. The number of hydrogen-bond acceptors (Lipinski definition) is 2. The van der Waals surface area contributed by atoms with Crippen molar-refractivity contribution in [2.24, 2.45) is 0 Å². The topological polar surface area (TPSA) is 64.7 Å². The van der Waals surface area contributed by atoms with Gasteiger partial charge in [-0.15, -0.1) is 0 Å². The van der Waals surface area contributed by atoms with Gasteiger partial charge >= 0.3 is 0 Å². The number of nitrogens with zero attached hydrogens (tertiary/aromatic N) is 1. The molecule has 0 aliphatic carbocycles. The summed E-state index contributed by atoms with van der Waals surface area (Å²) >= 11 is 0. The Morgan fingerprint density at radius 1 is 1.36 bits per heavy atom. The number of nitrogens with one attached hydrogen (secondary N) is 2. The van der Waals surface area contributed by atoms with Crippen LogP contribution < -0.4 is 0 Å². The average Bonchev–Trinajstić information content (AvgIpc) is 2.85. The Labute approximate surface area is 82.0 Å². The van der Waals surface area contributed by atoms with Crippen LogP contribution in [0.2, 0.25) is 0 Å². The summed E-state index contributed by atoms with van der Waals surface area (Å²) in [6, 6.07) is 3.94. The van der Waals surface area contributed by atoms with Crippen LogP contribution in [-0.4, -0.2) is 26.7 Å². The third kappa shape index (κ3) is 1.85. The maximum atomic E-state index is 8.67. The lowest BCUT2D eigenvalue weighted by Gasteiger charge is -1.93. The normalized spacial score (nSPS) is 10.6. The van der Waals surface area contributed by atoms with E-state index in [0.717, 1.165) is 30.1 Å². The summed E-state index contributed by atoms with van der Waals surface area (Å²) in [5, 5.41) is 8.67. The van der Waals surface area contributed by atoms with Crippen molar-refractivity contribution in [3.8, 4) is 11.4 Å². The summed E-state index contributed by atoms with van der Waals surface area (Å²) in [4.78, 5) is 10.5. The molecular weight excluding hydrogens is 178 g/mol. The molecule has 0 unspecified atom stereocenters. The number of aromatic amines is 2. The SMILES string of the molecule is OCCCc1ncc(-c2ccc[nH]2)[nH]1. The van der Waals surface area contributed by atoms with E-state index in [2.05, 4.69) is 15.0 Å². The standard InChI is InChI=1S/C10H13N3O/c14-6-2-4-10-12-7-9(13-10)8-3-1-5-11-8/h1,3,5,7,11,14H,2,4,6H2,(H,12,13). The Balaban J connectivity index is 2.10. The Kier molecular flexibility index (Phi) is 2.65. The van der Waals surface area contributed by atoms with Crippen LogP contribution in [0.15, 0.2) is 24.5 Å². The second-order valence-electron chi connectivity index (χ2n) is 3.15.